The second-order valence-electron chi connectivity index (χ2n) is 7.02. The minimum atomic E-state index is -3.30. The van der Waals surface area contributed by atoms with Crippen molar-refractivity contribution >= 4 is 26.6 Å². The van der Waals surface area contributed by atoms with Gasteiger partial charge in [-0.1, -0.05) is 0 Å². The maximum atomic E-state index is 11.6. The Morgan fingerprint density at radius 1 is 1.16 bits per heavy atom. The van der Waals surface area contributed by atoms with Crippen molar-refractivity contribution in [3.63, 3.8) is 0 Å². The quantitative estimate of drug-likeness (QED) is 0.455. The summed E-state index contributed by atoms with van der Waals surface area (Å²) >= 11 is 0. The highest BCUT2D eigenvalue weighted by Crippen LogP contribution is 2.34. The number of carbonyl (C=O) groups excluding carboxylic acids is 1. The summed E-state index contributed by atoms with van der Waals surface area (Å²) in [5.41, 5.74) is 6.25. The van der Waals surface area contributed by atoms with E-state index < -0.39 is 15.7 Å². The number of benzene rings is 2. The molecule has 2 aromatic carbocycles. The van der Waals surface area contributed by atoms with Gasteiger partial charge in [0, 0.05) is 37.1 Å². The van der Waals surface area contributed by atoms with E-state index in [-0.39, 0.29) is 17.2 Å². The van der Waals surface area contributed by atoms with Crippen LogP contribution in [0.25, 0.3) is 10.9 Å². The Kier molecular flexibility index (Phi) is 5.15. The molecule has 0 saturated heterocycles. The Bertz CT molecular complexity index is 1370. The van der Waals surface area contributed by atoms with Crippen molar-refractivity contribution in [1.29, 1.82) is 0 Å². The number of ether oxygens (including phenoxy) is 2. The number of hydrogen-bond donors (Lipinski definition) is 2. The molecule has 3 N–H and O–H groups in total. The van der Waals surface area contributed by atoms with Crippen LogP contribution >= 0.6 is 0 Å². The van der Waals surface area contributed by atoms with Crippen LogP contribution in [0.5, 0.6) is 17.2 Å². The molecule has 0 aliphatic heterocycles. The lowest BCUT2D eigenvalue weighted by Crippen LogP contribution is -2.10. The average Bonchev–Trinajstić information content (AvgIpc) is 3.32. The Morgan fingerprint density at radius 3 is 2.52 bits per heavy atom. The summed E-state index contributed by atoms with van der Waals surface area (Å²) in [5.74, 6) is 1.48. The molecule has 0 aliphatic carbocycles. The second-order valence-corrected chi connectivity index (χ2v) is 9.04. The predicted octanol–water partition coefficient (Wildman–Crippen LogP) is 2.78. The van der Waals surface area contributed by atoms with Crippen molar-refractivity contribution in [2.24, 2.45) is 12.8 Å². The highest BCUT2D eigenvalue weighted by atomic mass is 32.2. The summed E-state index contributed by atoms with van der Waals surface area (Å²) < 4.78 is 37.0. The van der Waals surface area contributed by atoms with Gasteiger partial charge in [-0.15, -0.1) is 0 Å². The Balaban J connectivity index is 1.68. The van der Waals surface area contributed by atoms with Gasteiger partial charge in [-0.05, 0) is 36.4 Å². The number of rotatable bonds is 7. The molecule has 4 aromatic rings. The van der Waals surface area contributed by atoms with Crippen LogP contribution in [-0.4, -0.2) is 35.1 Å². The van der Waals surface area contributed by atoms with Crippen LogP contribution in [0.1, 0.15) is 16.3 Å². The van der Waals surface area contributed by atoms with Gasteiger partial charge in [-0.2, -0.15) is 0 Å². The number of nitrogens with two attached hydrogens (primary N) is 1. The predicted molar refractivity (Wildman–Crippen MR) is 114 cm³/mol. The van der Waals surface area contributed by atoms with Gasteiger partial charge in [0.05, 0.1) is 10.4 Å². The maximum absolute atomic E-state index is 11.6. The summed E-state index contributed by atoms with van der Waals surface area (Å²) in [6.45, 7) is 0.204. The van der Waals surface area contributed by atoms with E-state index in [0.29, 0.717) is 28.2 Å². The van der Waals surface area contributed by atoms with Gasteiger partial charge < -0.3 is 24.8 Å². The fraction of sp³-hybridized carbons (Fsp3) is 0.143. The number of H-pyrrole nitrogens is 1. The number of nitrogens with zero attached hydrogens (tertiary/aromatic N) is 2. The molecule has 0 fully saturated rings. The summed E-state index contributed by atoms with van der Waals surface area (Å²) in [5, 5.41) is 0.675. The van der Waals surface area contributed by atoms with E-state index in [9.17, 15) is 13.2 Å². The maximum Gasteiger partial charge on any atom is 0.265 e. The summed E-state index contributed by atoms with van der Waals surface area (Å²) in [7, 11) is -1.44. The zero-order valence-electron chi connectivity index (χ0n) is 16.8. The fourth-order valence-electron chi connectivity index (χ4n) is 3.06. The summed E-state index contributed by atoms with van der Waals surface area (Å²) in [6.07, 6.45) is 4.63. The molecule has 4 rings (SSSR count). The van der Waals surface area contributed by atoms with Gasteiger partial charge >= 0.3 is 0 Å². The molecule has 0 bridgehead atoms. The van der Waals surface area contributed by atoms with Crippen molar-refractivity contribution in [2.75, 3.05) is 6.26 Å². The first-order valence-corrected chi connectivity index (χ1v) is 11.1. The van der Waals surface area contributed by atoms with E-state index >= 15 is 0 Å². The van der Waals surface area contributed by atoms with Crippen molar-refractivity contribution in [2.45, 2.75) is 11.5 Å². The smallest absolute Gasteiger partial charge is 0.265 e. The van der Waals surface area contributed by atoms with Gasteiger partial charge in [0.25, 0.3) is 5.91 Å². The van der Waals surface area contributed by atoms with Crippen LogP contribution in [0.2, 0.25) is 0 Å². The van der Waals surface area contributed by atoms with E-state index in [4.69, 9.17) is 15.2 Å². The second kappa shape index (κ2) is 7.80. The van der Waals surface area contributed by atoms with Gasteiger partial charge in [0.15, 0.2) is 9.84 Å². The van der Waals surface area contributed by atoms with E-state index in [2.05, 4.69) is 9.97 Å². The molecule has 0 atom stereocenters. The van der Waals surface area contributed by atoms with Crippen LogP contribution in [0.4, 0.5) is 0 Å². The number of nitrogens with one attached hydrogen (secondary N) is 1. The normalized spacial score (nSPS) is 11.5. The molecule has 9 nitrogen and oxygen atoms in total. The SMILES string of the molecule is Cn1ccnc1COc1cc(Oc2ccc(S(C)(=O)=O)cc2)cc2cc(C(N)=O)[nH]c12. The summed E-state index contributed by atoms with van der Waals surface area (Å²) in [4.78, 5) is 19.0. The molecule has 10 heteroatoms. The molecule has 0 radical (unpaired) electrons. The first kappa shape index (κ1) is 20.5. The first-order chi connectivity index (χ1) is 14.7. The molecule has 0 saturated carbocycles. The molecule has 0 spiro atoms. The Hall–Kier alpha value is -3.79. The van der Waals surface area contributed by atoms with Crippen molar-refractivity contribution in [1.82, 2.24) is 14.5 Å². The van der Waals surface area contributed by atoms with Gasteiger partial charge in [0.1, 0.15) is 35.4 Å². The number of primary amides is 1. The fourth-order valence-corrected chi connectivity index (χ4v) is 3.69. The molecular formula is C21H20N4O5S. The van der Waals surface area contributed by atoms with Crippen LogP contribution < -0.4 is 15.2 Å². The van der Waals surface area contributed by atoms with Crippen LogP contribution in [0.15, 0.2) is 59.8 Å². The molecule has 0 unspecified atom stereocenters. The third-order valence-corrected chi connectivity index (χ3v) is 5.82. The molecular weight excluding hydrogens is 420 g/mol. The lowest BCUT2D eigenvalue weighted by molar-refractivity contribution is 0.0996. The van der Waals surface area contributed by atoms with Crippen molar-refractivity contribution in [3.05, 3.63) is 66.4 Å². The van der Waals surface area contributed by atoms with Crippen LogP contribution in [0, 0.1) is 0 Å². The standard InChI is InChI=1S/C21H20N4O5S/c1-25-8-7-23-19(25)12-29-18-11-15(9-13-10-17(21(22)26)24-20(13)18)30-14-3-5-16(6-4-14)31(2,27)28/h3-11,24H,12H2,1-2H3,(H2,22,26). The molecule has 1 amide bonds. The third-order valence-electron chi connectivity index (χ3n) is 4.70. The van der Waals surface area contributed by atoms with E-state index in [0.717, 1.165) is 12.1 Å². The molecule has 2 aromatic heterocycles. The highest BCUT2D eigenvalue weighted by molar-refractivity contribution is 7.90. The topological polar surface area (TPSA) is 129 Å². The number of aryl methyl sites for hydroxylation is 1. The zero-order chi connectivity index (χ0) is 22.2. The number of imidazole rings is 1. The molecule has 0 aliphatic rings. The Morgan fingerprint density at radius 2 is 1.90 bits per heavy atom. The van der Waals surface area contributed by atoms with Crippen molar-refractivity contribution in [3.8, 4) is 17.2 Å². The number of carbonyl (C=O) groups is 1. The lowest BCUT2D eigenvalue weighted by Gasteiger charge is -2.11. The molecule has 160 valence electrons. The minimum absolute atomic E-state index is 0.200. The van der Waals surface area contributed by atoms with Gasteiger partial charge in [-0.25, -0.2) is 13.4 Å². The number of aromatic nitrogens is 3. The average molecular weight is 440 g/mol. The number of aromatic amines is 1. The highest BCUT2D eigenvalue weighted by Gasteiger charge is 2.14. The Labute approximate surface area is 178 Å². The summed E-state index contributed by atoms with van der Waals surface area (Å²) in [6, 6.07) is 11.1. The largest absolute Gasteiger partial charge is 0.483 e. The number of amides is 1. The zero-order valence-corrected chi connectivity index (χ0v) is 17.6. The van der Waals surface area contributed by atoms with Gasteiger partial charge in [-0.3, -0.25) is 4.79 Å². The lowest BCUT2D eigenvalue weighted by atomic mass is 10.2. The van der Waals surface area contributed by atoms with E-state index in [1.165, 1.54) is 12.1 Å². The number of hydrogen-bond acceptors (Lipinski definition) is 6. The number of fused-ring (bicyclic) bond motifs is 1. The van der Waals surface area contributed by atoms with Crippen LogP contribution in [-0.2, 0) is 23.5 Å². The number of sulfone groups is 1. The third kappa shape index (κ3) is 4.38. The minimum Gasteiger partial charge on any atom is -0.483 e. The van der Waals surface area contributed by atoms with Crippen LogP contribution in [0.3, 0.4) is 0 Å². The van der Waals surface area contributed by atoms with Gasteiger partial charge in [0.2, 0.25) is 0 Å². The van der Waals surface area contributed by atoms with Crippen molar-refractivity contribution < 1.29 is 22.7 Å². The monoisotopic (exact) mass is 440 g/mol. The molecule has 31 heavy (non-hydrogen) atoms. The first-order valence-electron chi connectivity index (χ1n) is 9.24. The van der Waals surface area contributed by atoms with E-state index in [1.807, 2.05) is 17.8 Å². The molecule has 2 heterocycles. The van der Waals surface area contributed by atoms with E-state index in [1.54, 1.807) is 36.5 Å².